The van der Waals surface area contributed by atoms with Crippen LogP contribution >= 0.6 is 23.2 Å². The quantitative estimate of drug-likeness (QED) is 0.173. The molecule has 3 nitrogen and oxygen atoms in total. The smallest absolute Gasteiger partial charge is 0.0620 e. The van der Waals surface area contributed by atoms with E-state index in [2.05, 4.69) is 209 Å². The lowest BCUT2D eigenvalue weighted by atomic mass is 9.82. The Kier molecular flexibility index (Phi) is 9.24. The molecule has 5 heteroatoms. The number of benzene rings is 7. The molecule has 0 radical (unpaired) electrons. The van der Waals surface area contributed by atoms with Gasteiger partial charge in [-0.25, -0.2) is 0 Å². The van der Waals surface area contributed by atoms with Crippen molar-refractivity contribution in [3.63, 3.8) is 0 Å². The van der Waals surface area contributed by atoms with E-state index in [0.717, 1.165) is 44.3 Å². The van der Waals surface area contributed by atoms with E-state index in [9.17, 15) is 0 Å². The van der Waals surface area contributed by atoms with Gasteiger partial charge in [-0.2, -0.15) is 0 Å². The van der Waals surface area contributed by atoms with E-state index in [-0.39, 0.29) is 27.1 Å². The van der Waals surface area contributed by atoms with E-state index >= 15 is 0 Å². The van der Waals surface area contributed by atoms with Crippen molar-refractivity contribution in [3.05, 3.63) is 135 Å². The predicted octanol–water partition coefficient (Wildman–Crippen LogP) is 19.2. The van der Waals surface area contributed by atoms with Gasteiger partial charge in [0, 0.05) is 86.4 Å². The SMILES string of the molecule is CC(C)(C)c1ccc2[nH]c3c(-c4cc(-c5cc(C(C)(C)C)cc6c5[nH]c5cc7c(cc56)c5cc(C(C)(C)C)cc6c8cc(C(C)(C)C)ccc8n7c65)c(Cl)cc4Cl)cc(C(C)(C)C)cc3c2c1. The second kappa shape index (κ2) is 14.1. The monoisotopic (exact) mass is 919 g/mol. The first kappa shape index (κ1) is 44.1. The molecule has 0 unspecified atom stereocenters. The molecule has 11 aromatic rings. The number of rotatable bonds is 2. The van der Waals surface area contributed by atoms with E-state index in [1.807, 2.05) is 6.07 Å². The summed E-state index contributed by atoms with van der Waals surface area (Å²) in [6, 6.07) is 37.4. The second-order valence-electron chi connectivity index (χ2n) is 24.9. The zero-order valence-electron chi connectivity index (χ0n) is 41.9. The molecular formula is C62H63Cl2N3. The van der Waals surface area contributed by atoms with Crippen LogP contribution in [0.5, 0.6) is 0 Å². The second-order valence-corrected chi connectivity index (χ2v) is 25.7. The number of hydrogen-bond donors (Lipinski definition) is 2. The van der Waals surface area contributed by atoms with Gasteiger partial charge in [0.1, 0.15) is 0 Å². The average molecular weight is 921 g/mol. The number of aromatic nitrogens is 3. The van der Waals surface area contributed by atoms with Crippen LogP contribution in [0.2, 0.25) is 10.0 Å². The Balaban J connectivity index is 1.20. The molecule has 0 amide bonds. The van der Waals surface area contributed by atoms with Gasteiger partial charge >= 0.3 is 0 Å². The van der Waals surface area contributed by atoms with Gasteiger partial charge in [-0.1, -0.05) is 139 Å². The maximum absolute atomic E-state index is 7.44. The van der Waals surface area contributed by atoms with Crippen molar-refractivity contribution in [2.24, 2.45) is 0 Å². The molecule has 4 heterocycles. The van der Waals surface area contributed by atoms with Gasteiger partial charge in [-0.15, -0.1) is 0 Å². The first-order chi connectivity index (χ1) is 31.2. The summed E-state index contributed by atoms with van der Waals surface area (Å²) in [6.07, 6.45) is 0. The first-order valence-electron chi connectivity index (χ1n) is 24.0. The number of hydrogen-bond acceptors (Lipinski definition) is 0. The average Bonchev–Trinajstić information content (AvgIpc) is 3.97. The number of aromatic amines is 2. The van der Waals surface area contributed by atoms with E-state index in [1.54, 1.807) is 0 Å². The summed E-state index contributed by atoms with van der Waals surface area (Å²) in [4.78, 5) is 7.85. The fourth-order valence-corrected chi connectivity index (χ4v) is 11.2. The van der Waals surface area contributed by atoms with Gasteiger partial charge in [-0.3, -0.25) is 0 Å². The topological polar surface area (TPSA) is 36.0 Å². The Morgan fingerprint density at radius 3 is 1.24 bits per heavy atom. The molecule has 0 fully saturated rings. The summed E-state index contributed by atoms with van der Waals surface area (Å²) < 4.78 is 2.52. The van der Waals surface area contributed by atoms with Crippen LogP contribution in [0.1, 0.15) is 132 Å². The van der Waals surface area contributed by atoms with Crippen molar-refractivity contribution >= 4 is 105 Å². The molecule has 0 aliphatic heterocycles. The number of nitrogens with zero attached hydrogens (tertiary/aromatic N) is 1. The highest BCUT2D eigenvalue weighted by molar-refractivity contribution is 6.39. The fraction of sp³-hybridized carbons (Fsp3) is 0.323. The lowest BCUT2D eigenvalue weighted by molar-refractivity contribution is 0.590. The van der Waals surface area contributed by atoms with Crippen LogP contribution in [0.15, 0.2) is 97.1 Å². The molecule has 340 valence electrons. The van der Waals surface area contributed by atoms with Crippen molar-refractivity contribution in [3.8, 4) is 22.3 Å². The highest BCUT2D eigenvalue weighted by Crippen LogP contribution is 2.49. The highest BCUT2D eigenvalue weighted by Gasteiger charge is 2.28. The molecular weight excluding hydrogens is 858 g/mol. The molecule has 4 aromatic heterocycles. The standard InChI is InChI=1S/C62H63Cl2N3/c1-58(2,3)32-16-18-51-39(20-32)45-24-34(60(7,8)9)22-43(55(45)65-51)37-28-38(50(64)30-49(37)63)44-23-35(61(10,11)12)25-46-40-29-42-48-27-36(62(13,14)15)26-47-41-21-33(59(4,5)6)17-19-53(41)67(57(47)48)54(42)31-52(40)66-56(44)46/h16-31,65-66H,1-15H3. The first-order valence-corrected chi connectivity index (χ1v) is 24.8. The zero-order valence-corrected chi connectivity index (χ0v) is 43.5. The minimum atomic E-state index is -0.134. The summed E-state index contributed by atoms with van der Waals surface area (Å²) in [7, 11) is 0. The summed E-state index contributed by atoms with van der Waals surface area (Å²) in [5, 5.41) is 11.3. The fourth-order valence-electron chi connectivity index (χ4n) is 10.7. The molecule has 0 bridgehead atoms. The Bertz CT molecular complexity index is 3890. The Morgan fingerprint density at radius 1 is 0.328 bits per heavy atom. The Morgan fingerprint density at radius 2 is 0.731 bits per heavy atom. The predicted molar refractivity (Wildman–Crippen MR) is 294 cm³/mol. The summed E-state index contributed by atoms with van der Waals surface area (Å²) in [5.74, 6) is 0. The summed E-state index contributed by atoms with van der Waals surface area (Å²) in [5.41, 5.74) is 18.5. The molecule has 0 spiro atoms. The van der Waals surface area contributed by atoms with E-state index in [1.165, 1.54) is 87.5 Å². The van der Waals surface area contributed by atoms with Gasteiger partial charge in [0.25, 0.3) is 0 Å². The molecule has 0 saturated carbocycles. The summed E-state index contributed by atoms with van der Waals surface area (Å²) >= 11 is 14.8. The van der Waals surface area contributed by atoms with Crippen LogP contribution in [0.3, 0.4) is 0 Å². The van der Waals surface area contributed by atoms with Crippen LogP contribution in [0.4, 0.5) is 0 Å². The molecule has 2 N–H and O–H groups in total. The largest absolute Gasteiger partial charge is 0.354 e. The van der Waals surface area contributed by atoms with Crippen molar-refractivity contribution in [2.75, 3.05) is 0 Å². The van der Waals surface area contributed by atoms with Crippen molar-refractivity contribution in [2.45, 2.75) is 131 Å². The lowest BCUT2D eigenvalue weighted by Gasteiger charge is -2.22. The maximum Gasteiger partial charge on any atom is 0.0620 e. The molecule has 11 rings (SSSR count). The zero-order chi connectivity index (χ0) is 47.8. The van der Waals surface area contributed by atoms with E-state index < -0.39 is 0 Å². The Hall–Kier alpha value is -5.48. The van der Waals surface area contributed by atoms with Crippen LogP contribution in [0, 0.1) is 0 Å². The van der Waals surface area contributed by atoms with Crippen molar-refractivity contribution < 1.29 is 0 Å². The number of fused-ring (bicyclic) bond motifs is 12. The van der Waals surface area contributed by atoms with Gasteiger partial charge in [-0.05, 0) is 140 Å². The number of halogens is 2. The number of nitrogens with one attached hydrogen (secondary N) is 2. The number of H-pyrrole nitrogens is 2. The highest BCUT2D eigenvalue weighted by atomic mass is 35.5. The third kappa shape index (κ3) is 6.80. The normalized spacial score (nSPS) is 13.7. The lowest BCUT2D eigenvalue weighted by Crippen LogP contribution is -2.11. The van der Waals surface area contributed by atoms with Gasteiger partial charge in [0.2, 0.25) is 0 Å². The van der Waals surface area contributed by atoms with Crippen LogP contribution in [-0.2, 0) is 27.1 Å². The van der Waals surface area contributed by atoms with E-state index in [4.69, 9.17) is 23.2 Å². The van der Waals surface area contributed by atoms with Gasteiger partial charge in [0.15, 0.2) is 0 Å². The molecule has 0 saturated heterocycles. The van der Waals surface area contributed by atoms with Crippen molar-refractivity contribution in [1.29, 1.82) is 0 Å². The molecule has 0 aliphatic carbocycles. The molecule has 0 atom stereocenters. The van der Waals surface area contributed by atoms with Crippen LogP contribution in [0.25, 0.3) is 104 Å². The van der Waals surface area contributed by atoms with Gasteiger partial charge < -0.3 is 14.4 Å². The van der Waals surface area contributed by atoms with E-state index in [0.29, 0.717) is 10.0 Å². The minimum absolute atomic E-state index is 0.0200. The minimum Gasteiger partial charge on any atom is -0.354 e. The maximum atomic E-state index is 7.44. The van der Waals surface area contributed by atoms with Crippen LogP contribution < -0.4 is 0 Å². The molecule has 7 aromatic carbocycles. The third-order valence-electron chi connectivity index (χ3n) is 14.9. The van der Waals surface area contributed by atoms with Crippen molar-refractivity contribution in [1.82, 2.24) is 14.4 Å². The molecule has 0 aliphatic rings. The molecule has 67 heavy (non-hydrogen) atoms. The van der Waals surface area contributed by atoms with Gasteiger partial charge in [0.05, 0.1) is 27.6 Å². The van der Waals surface area contributed by atoms with Crippen LogP contribution in [-0.4, -0.2) is 14.4 Å². The Labute approximate surface area is 405 Å². The third-order valence-corrected chi connectivity index (χ3v) is 15.5. The summed E-state index contributed by atoms with van der Waals surface area (Å²) in [6.45, 7) is 34.5.